The largest absolute Gasteiger partial charge is 0.459 e. The number of hydrogen-bond donors (Lipinski definition) is 2. The predicted molar refractivity (Wildman–Crippen MR) is 73.7 cm³/mol. The summed E-state index contributed by atoms with van der Waals surface area (Å²) in [5, 5.41) is 14.1. The fourth-order valence-electron chi connectivity index (χ4n) is 1.34. The van der Waals surface area contributed by atoms with Crippen molar-refractivity contribution < 1.29 is 14.0 Å². The summed E-state index contributed by atoms with van der Waals surface area (Å²) in [7, 11) is 0. The molecular weight excluding hydrogens is 280 g/mol. The second-order valence-corrected chi connectivity index (χ2v) is 5.32. The second-order valence-electron chi connectivity index (χ2n) is 4.31. The average molecular weight is 294 g/mol. The van der Waals surface area contributed by atoms with E-state index in [1.807, 2.05) is 13.8 Å². The molecule has 2 aromatic heterocycles. The highest BCUT2D eigenvalue weighted by atomic mass is 32.1. The summed E-state index contributed by atoms with van der Waals surface area (Å²) < 4.78 is 4.91. The van der Waals surface area contributed by atoms with Gasteiger partial charge >= 0.3 is 0 Å². The number of carbonyl (C=O) groups excluding carboxylic acids is 2. The van der Waals surface area contributed by atoms with Crippen molar-refractivity contribution in [2.45, 2.75) is 19.8 Å². The number of amides is 2. The van der Waals surface area contributed by atoms with Crippen molar-refractivity contribution >= 4 is 28.3 Å². The fourth-order valence-corrected chi connectivity index (χ4v) is 2.10. The molecule has 2 amide bonds. The van der Waals surface area contributed by atoms with Crippen molar-refractivity contribution in [2.75, 3.05) is 11.9 Å². The standard InChI is InChI=1S/C12H14N4O3S/c1-7(2)11-15-16-12(20-11)14-9(17)6-13-10(18)8-4-3-5-19-8/h3-5,7H,6H2,1-2H3,(H,13,18)(H,14,16,17). The summed E-state index contributed by atoms with van der Waals surface area (Å²) in [6, 6.07) is 3.12. The molecule has 0 aromatic carbocycles. The topological polar surface area (TPSA) is 97.1 Å². The van der Waals surface area contributed by atoms with Gasteiger partial charge in [0, 0.05) is 5.92 Å². The van der Waals surface area contributed by atoms with Gasteiger partial charge in [-0.05, 0) is 12.1 Å². The molecule has 0 aliphatic heterocycles. The zero-order valence-electron chi connectivity index (χ0n) is 11.0. The van der Waals surface area contributed by atoms with E-state index in [0.717, 1.165) is 5.01 Å². The monoisotopic (exact) mass is 294 g/mol. The lowest BCUT2D eigenvalue weighted by Crippen LogP contribution is -2.32. The Morgan fingerprint density at radius 3 is 2.80 bits per heavy atom. The summed E-state index contributed by atoms with van der Waals surface area (Å²) in [5.74, 6) is -0.380. The van der Waals surface area contributed by atoms with Gasteiger partial charge in [-0.1, -0.05) is 25.2 Å². The lowest BCUT2D eigenvalue weighted by Gasteiger charge is -2.02. The molecule has 0 atom stereocenters. The number of hydrogen-bond acceptors (Lipinski definition) is 6. The highest BCUT2D eigenvalue weighted by molar-refractivity contribution is 7.15. The van der Waals surface area contributed by atoms with E-state index in [0.29, 0.717) is 5.13 Å². The summed E-state index contributed by atoms with van der Waals surface area (Å²) in [6.07, 6.45) is 1.39. The number of aromatic nitrogens is 2. The zero-order chi connectivity index (χ0) is 14.5. The Hall–Kier alpha value is -2.22. The van der Waals surface area contributed by atoms with E-state index in [4.69, 9.17) is 4.42 Å². The molecule has 0 saturated carbocycles. The van der Waals surface area contributed by atoms with Gasteiger partial charge in [0.05, 0.1) is 12.8 Å². The fraction of sp³-hybridized carbons (Fsp3) is 0.333. The SMILES string of the molecule is CC(C)c1nnc(NC(=O)CNC(=O)c2ccco2)s1. The molecule has 7 nitrogen and oxygen atoms in total. The van der Waals surface area contributed by atoms with Gasteiger partial charge < -0.3 is 9.73 Å². The number of nitrogens with one attached hydrogen (secondary N) is 2. The lowest BCUT2D eigenvalue weighted by atomic mass is 10.2. The van der Waals surface area contributed by atoms with E-state index in [1.54, 1.807) is 6.07 Å². The van der Waals surface area contributed by atoms with Crippen LogP contribution in [0.2, 0.25) is 0 Å². The number of rotatable bonds is 5. The first kappa shape index (κ1) is 14.2. The number of nitrogens with zero attached hydrogens (tertiary/aromatic N) is 2. The molecular formula is C12H14N4O3S. The van der Waals surface area contributed by atoms with Gasteiger partial charge in [-0.25, -0.2) is 0 Å². The minimum absolute atomic E-state index is 0.157. The van der Waals surface area contributed by atoms with E-state index in [-0.39, 0.29) is 24.1 Å². The molecule has 0 unspecified atom stereocenters. The Labute approximate surface area is 119 Å². The van der Waals surface area contributed by atoms with Crippen LogP contribution in [0.25, 0.3) is 0 Å². The van der Waals surface area contributed by atoms with Crippen LogP contribution in [-0.4, -0.2) is 28.6 Å². The maximum Gasteiger partial charge on any atom is 0.287 e. The summed E-state index contributed by atoms with van der Waals surface area (Å²) >= 11 is 1.32. The van der Waals surface area contributed by atoms with Crippen molar-refractivity contribution in [2.24, 2.45) is 0 Å². The maximum absolute atomic E-state index is 11.6. The Bertz CT molecular complexity index is 592. The van der Waals surface area contributed by atoms with Gasteiger partial charge in [0.2, 0.25) is 11.0 Å². The zero-order valence-corrected chi connectivity index (χ0v) is 11.9. The van der Waals surface area contributed by atoms with Gasteiger partial charge in [0.1, 0.15) is 5.01 Å². The van der Waals surface area contributed by atoms with Crippen LogP contribution in [0.3, 0.4) is 0 Å². The van der Waals surface area contributed by atoms with Crippen LogP contribution >= 0.6 is 11.3 Å². The van der Waals surface area contributed by atoms with Gasteiger partial charge in [-0.2, -0.15) is 0 Å². The molecule has 2 heterocycles. The molecule has 0 aliphatic rings. The third kappa shape index (κ3) is 3.64. The molecule has 2 aromatic rings. The quantitative estimate of drug-likeness (QED) is 0.873. The van der Waals surface area contributed by atoms with Gasteiger partial charge in [-0.3, -0.25) is 14.9 Å². The van der Waals surface area contributed by atoms with E-state index in [2.05, 4.69) is 20.8 Å². The normalized spacial score (nSPS) is 10.6. The molecule has 0 saturated heterocycles. The molecule has 8 heteroatoms. The van der Waals surface area contributed by atoms with E-state index < -0.39 is 5.91 Å². The molecule has 0 bridgehead atoms. The van der Waals surface area contributed by atoms with Crippen molar-refractivity contribution in [3.63, 3.8) is 0 Å². The molecule has 2 N–H and O–H groups in total. The van der Waals surface area contributed by atoms with Gasteiger partial charge in [-0.15, -0.1) is 10.2 Å². The molecule has 0 aliphatic carbocycles. The number of anilines is 1. The van der Waals surface area contributed by atoms with Crippen LogP contribution in [0.4, 0.5) is 5.13 Å². The molecule has 2 rings (SSSR count). The van der Waals surface area contributed by atoms with Crippen LogP contribution in [-0.2, 0) is 4.79 Å². The van der Waals surface area contributed by atoms with Crippen LogP contribution in [0, 0.1) is 0 Å². The van der Waals surface area contributed by atoms with Gasteiger partial charge in [0.15, 0.2) is 5.76 Å². The van der Waals surface area contributed by atoms with E-state index in [9.17, 15) is 9.59 Å². The molecule has 0 spiro atoms. The highest BCUT2D eigenvalue weighted by Crippen LogP contribution is 2.22. The van der Waals surface area contributed by atoms with Gasteiger partial charge in [0.25, 0.3) is 5.91 Å². The van der Waals surface area contributed by atoms with Crippen LogP contribution in [0.1, 0.15) is 35.3 Å². The summed E-state index contributed by atoms with van der Waals surface area (Å²) in [4.78, 5) is 23.2. The third-order valence-corrected chi connectivity index (χ3v) is 3.47. The molecule has 20 heavy (non-hydrogen) atoms. The second kappa shape index (κ2) is 6.29. The predicted octanol–water partition coefficient (Wildman–Crippen LogP) is 1.62. The molecule has 106 valence electrons. The van der Waals surface area contributed by atoms with E-state index in [1.165, 1.54) is 23.7 Å². The maximum atomic E-state index is 11.6. The highest BCUT2D eigenvalue weighted by Gasteiger charge is 2.13. The van der Waals surface area contributed by atoms with Crippen LogP contribution < -0.4 is 10.6 Å². The minimum Gasteiger partial charge on any atom is -0.459 e. The summed E-state index contributed by atoms with van der Waals surface area (Å²) in [6.45, 7) is 3.83. The van der Waals surface area contributed by atoms with Crippen molar-refractivity contribution in [1.29, 1.82) is 0 Å². The summed E-state index contributed by atoms with van der Waals surface area (Å²) in [5.41, 5.74) is 0. The first-order valence-corrected chi connectivity index (χ1v) is 6.83. The third-order valence-electron chi connectivity index (χ3n) is 2.34. The molecule has 0 fully saturated rings. The average Bonchev–Trinajstić information content (AvgIpc) is 3.06. The van der Waals surface area contributed by atoms with Crippen LogP contribution in [0.15, 0.2) is 22.8 Å². The lowest BCUT2D eigenvalue weighted by molar-refractivity contribution is -0.115. The number of furan rings is 1. The smallest absolute Gasteiger partial charge is 0.287 e. The Balaban J connectivity index is 1.82. The molecule has 0 radical (unpaired) electrons. The van der Waals surface area contributed by atoms with Crippen LogP contribution in [0.5, 0.6) is 0 Å². The Morgan fingerprint density at radius 2 is 2.20 bits per heavy atom. The number of carbonyl (C=O) groups is 2. The first-order valence-electron chi connectivity index (χ1n) is 6.01. The minimum atomic E-state index is -0.440. The van der Waals surface area contributed by atoms with E-state index >= 15 is 0 Å². The first-order chi connectivity index (χ1) is 9.56. The van der Waals surface area contributed by atoms with Crippen molar-refractivity contribution in [3.8, 4) is 0 Å². The van der Waals surface area contributed by atoms with Crippen molar-refractivity contribution in [1.82, 2.24) is 15.5 Å². The Kier molecular flexibility index (Phi) is 4.46. The van der Waals surface area contributed by atoms with Crippen molar-refractivity contribution in [3.05, 3.63) is 29.2 Å². The Morgan fingerprint density at radius 1 is 1.40 bits per heavy atom.